The summed E-state index contributed by atoms with van der Waals surface area (Å²) in [6.45, 7) is 5.72. The molecule has 0 aromatic heterocycles. The quantitative estimate of drug-likeness (QED) is 0.633. The SMILES string of the molecule is CCc1ccc(CC)c(C(Cl)c2cc(C)c(F)cc2F)c1. The molecule has 1 atom stereocenters. The summed E-state index contributed by atoms with van der Waals surface area (Å²) in [5, 5.41) is -0.606. The van der Waals surface area contributed by atoms with Gasteiger partial charge >= 0.3 is 0 Å². The Morgan fingerprint density at radius 3 is 2.29 bits per heavy atom. The van der Waals surface area contributed by atoms with Crippen LogP contribution in [0.3, 0.4) is 0 Å². The van der Waals surface area contributed by atoms with Crippen LogP contribution in [0.4, 0.5) is 8.78 Å². The van der Waals surface area contributed by atoms with Gasteiger partial charge in [0.05, 0.1) is 5.38 Å². The average molecular weight is 309 g/mol. The van der Waals surface area contributed by atoms with Crippen molar-refractivity contribution in [2.45, 2.75) is 39.0 Å². The molecular weight excluding hydrogens is 290 g/mol. The Bertz CT molecular complexity index is 650. The predicted octanol–water partition coefficient (Wildman–Crippen LogP) is 5.73. The van der Waals surface area contributed by atoms with Gasteiger partial charge in [-0.2, -0.15) is 0 Å². The van der Waals surface area contributed by atoms with Gasteiger partial charge in [-0.15, -0.1) is 11.6 Å². The van der Waals surface area contributed by atoms with E-state index in [1.54, 1.807) is 6.92 Å². The van der Waals surface area contributed by atoms with E-state index >= 15 is 0 Å². The van der Waals surface area contributed by atoms with Crippen molar-refractivity contribution in [1.29, 1.82) is 0 Å². The molecule has 0 bridgehead atoms. The number of halogens is 3. The molecule has 0 saturated heterocycles. The van der Waals surface area contributed by atoms with Crippen LogP contribution in [-0.2, 0) is 12.8 Å². The van der Waals surface area contributed by atoms with E-state index < -0.39 is 17.0 Å². The maximum Gasteiger partial charge on any atom is 0.131 e. The van der Waals surface area contributed by atoms with Gasteiger partial charge in [0.2, 0.25) is 0 Å². The highest BCUT2D eigenvalue weighted by molar-refractivity contribution is 6.22. The molecule has 0 nitrogen and oxygen atoms in total. The first-order chi connectivity index (χ1) is 9.97. The van der Waals surface area contributed by atoms with Gasteiger partial charge in [-0.05, 0) is 48.1 Å². The monoisotopic (exact) mass is 308 g/mol. The number of aryl methyl sites for hydroxylation is 3. The van der Waals surface area contributed by atoms with Crippen molar-refractivity contribution < 1.29 is 8.78 Å². The fraction of sp³-hybridized carbons (Fsp3) is 0.333. The largest absolute Gasteiger partial charge is 0.207 e. The van der Waals surface area contributed by atoms with Crippen LogP contribution in [-0.4, -0.2) is 0 Å². The Labute approximate surface area is 129 Å². The van der Waals surface area contributed by atoms with E-state index in [-0.39, 0.29) is 0 Å². The summed E-state index contributed by atoms with van der Waals surface area (Å²) in [5.74, 6) is -1.14. The van der Waals surface area contributed by atoms with Crippen molar-refractivity contribution in [2.75, 3.05) is 0 Å². The molecule has 112 valence electrons. The molecule has 0 fully saturated rings. The third kappa shape index (κ3) is 3.26. The fourth-order valence-electron chi connectivity index (χ4n) is 2.46. The van der Waals surface area contributed by atoms with E-state index in [1.165, 1.54) is 6.07 Å². The highest BCUT2D eigenvalue weighted by Gasteiger charge is 2.20. The topological polar surface area (TPSA) is 0 Å². The molecule has 0 N–H and O–H groups in total. The van der Waals surface area contributed by atoms with Crippen LogP contribution < -0.4 is 0 Å². The lowest BCUT2D eigenvalue weighted by molar-refractivity contribution is 0.568. The summed E-state index contributed by atoms with van der Waals surface area (Å²) in [6, 6.07) is 8.54. The lowest BCUT2D eigenvalue weighted by Gasteiger charge is -2.17. The van der Waals surface area contributed by atoms with E-state index in [4.69, 9.17) is 11.6 Å². The summed E-state index contributed by atoms with van der Waals surface area (Å²) in [7, 11) is 0. The predicted molar refractivity (Wildman–Crippen MR) is 84.0 cm³/mol. The molecular formula is C18H19ClF2. The van der Waals surface area contributed by atoms with E-state index in [0.717, 1.165) is 35.6 Å². The van der Waals surface area contributed by atoms with Gasteiger partial charge in [-0.25, -0.2) is 8.78 Å². The maximum atomic E-state index is 14.1. The maximum absolute atomic E-state index is 14.1. The minimum absolute atomic E-state index is 0.332. The van der Waals surface area contributed by atoms with Crippen molar-refractivity contribution in [3.05, 3.63) is 69.8 Å². The molecule has 21 heavy (non-hydrogen) atoms. The Kier molecular flexibility index (Phi) is 5.00. The zero-order valence-corrected chi connectivity index (χ0v) is 13.3. The molecule has 0 heterocycles. The van der Waals surface area contributed by atoms with E-state index in [2.05, 4.69) is 13.0 Å². The van der Waals surface area contributed by atoms with E-state index in [1.807, 2.05) is 19.1 Å². The van der Waals surface area contributed by atoms with Crippen molar-refractivity contribution in [3.63, 3.8) is 0 Å². The summed E-state index contributed by atoms with van der Waals surface area (Å²) in [4.78, 5) is 0. The van der Waals surface area contributed by atoms with Crippen LogP contribution in [0, 0.1) is 18.6 Å². The zero-order valence-electron chi connectivity index (χ0n) is 12.5. The van der Waals surface area contributed by atoms with E-state index in [9.17, 15) is 8.78 Å². The third-order valence-corrected chi connectivity index (χ3v) is 4.29. The van der Waals surface area contributed by atoms with Crippen LogP contribution >= 0.6 is 11.6 Å². The summed E-state index contributed by atoms with van der Waals surface area (Å²) < 4.78 is 27.5. The minimum Gasteiger partial charge on any atom is -0.207 e. The smallest absolute Gasteiger partial charge is 0.131 e. The molecule has 0 radical (unpaired) electrons. The van der Waals surface area contributed by atoms with Gasteiger partial charge in [0.15, 0.2) is 0 Å². The Balaban J connectivity index is 2.53. The second-order valence-electron chi connectivity index (χ2n) is 5.23. The zero-order chi connectivity index (χ0) is 15.6. The number of benzene rings is 2. The van der Waals surface area contributed by atoms with Crippen LogP contribution in [0.15, 0.2) is 30.3 Å². The molecule has 2 aromatic carbocycles. The van der Waals surface area contributed by atoms with Crippen molar-refractivity contribution >= 4 is 11.6 Å². The van der Waals surface area contributed by atoms with Crippen LogP contribution in [0.1, 0.15) is 47.0 Å². The fourth-order valence-corrected chi connectivity index (χ4v) is 2.83. The van der Waals surface area contributed by atoms with Gasteiger partial charge in [0, 0.05) is 11.6 Å². The van der Waals surface area contributed by atoms with Crippen LogP contribution in [0.25, 0.3) is 0 Å². The van der Waals surface area contributed by atoms with Gasteiger partial charge in [-0.1, -0.05) is 32.0 Å². The van der Waals surface area contributed by atoms with Crippen LogP contribution in [0.5, 0.6) is 0 Å². The molecule has 0 aliphatic rings. The molecule has 3 heteroatoms. The molecule has 1 unspecified atom stereocenters. The Hall–Kier alpha value is -1.41. The number of rotatable bonds is 4. The standard InChI is InChI=1S/C18H19ClF2/c1-4-12-6-7-13(5-2)14(9-12)18(19)15-8-11(3)16(20)10-17(15)21/h6-10,18H,4-5H2,1-3H3. The number of hydrogen-bond acceptors (Lipinski definition) is 0. The highest BCUT2D eigenvalue weighted by Crippen LogP contribution is 2.34. The average Bonchev–Trinajstić information content (AvgIpc) is 2.49. The summed E-state index contributed by atoms with van der Waals surface area (Å²) >= 11 is 6.51. The first-order valence-electron chi connectivity index (χ1n) is 7.19. The lowest BCUT2D eigenvalue weighted by atomic mass is 9.94. The lowest BCUT2D eigenvalue weighted by Crippen LogP contribution is -2.03. The van der Waals surface area contributed by atoms with Gasteiger partial charge < -0.3 is 0 Å². The molecule has 2 aromatic rings. The first-order valence-corrected chi connectivity index (χ1v) is 7.62. The summed E-state index contributed by atoms with van der Waals surface area (Å²) in [5.41, 5.74) is 3.89. The first kappa shape index (κ1) is 16.0. The Morgan fingerprint density at radius 1 is 0.952 bits per heavy atom. The minimum atomic E-state index is -0.606. The highest BCUT2D eigenvalue weighted by atomic mass is 35.5. The second kappa shape index (κ2) is 6.57. The van der Waals surface area contributed by atoms with Gasteiger partial charge in [0.1, 0.15) is 11.6 Å². The molecule has 0 spiro atoms. The van der Waals surface area contributed by atoms with Crippen molar-refractivity contribution in [1.82, 2.24) is 0 Å². The normalized spacial score (nSPS) is 12.5. The molecule has 2 rings (SSSR count). The van der Waals surface area contributed by atoms with Crippen LogP contribution in [0.2, 0.25) is 0 Å². The number of hydrogen-bond donors (Lipinski definition) is 0. The molecule has 0 saturated carbocycles. The molecule has 0 aliphatic heterocycles. The van der Waals surface area contributed by atoms with Gasteiger partial charge in [0.25, 0.3) is 0 Å². The van der Waals surface area contributed by atoms with E-state index in [0.29, 0.717) is 11.1 Å². The second-order valence-corrected chi connectivity index (χ2v) is 5.66. The number of alkyl halides is 1. The van der Waals surface area contributed by atoms with Gasteiger partial charge in [-0.3, -0.25) is 0 Å². The third-order valence-electron chi connectivity index (χ3n) is 3.82. The Morgan fingerprint density at radius 2 is 1.67 bits per heavy atom. The van der Waals surface area contributed by atoms with Crippen molar-refractivity contribution in [2.24, 2.45) is 0 Å². The molecule has 0 amide bonds. The molecule has 0 aliphatic carbocycles. The van der Waals surface area contributed by atoms with Crippen molar-refractivity contribution in [3.8, 4) is 0 Å². The summed E-state index contributed by atoms with van der Waals surface area (Å²) in [6.07, 6.45) is 1.72.